The van der Waals surface area contributed by atoms with Crippen molar-refractivity contribution in [3.05, 3.63) is 47.0 Å². The van der Waals surface area contributed by atoms with Crippen molar-refractivity contribution in [2.24, 2.45) is 13.0 Å². The van der Waals surface area contributed by atoms with Gasteiger partial charge in [-0.1, -0.05) is 23.7 Å². The van der Waals surface area contributed by atoms with E-state index in [0.29, 0.717) is 11.8 Å². The topological polar surface area (TPSA) is 30.7 Å². The molecule has 0 fully saturated rings. The molecule has 0 saturated heterocycles. The summed E-state index contributed by atoms with van der Waals surface area (Å²) in [6.45, 7) is 0. The van der Waals surface area contributed by atoms with Crippen LogP contribution in [0.15, 0.2) is 30.6 Å². The summed E-state index contributed by atoms with van der Waals surface area (Å²) in [4.78, 5) is 4.23. The highest BCUT2D eigenvalue weighted by Gasteiger charge is 2.13. The molecule has 0 radical (unpaired) electrons. The van der Waals surface area contributed by atoms with Crippen LogP contribution in [0.25, 0.3) is 0 Å². The van der Waals surface area contributed by atoms with E-state index in [0.717, 1.165) is 23.7 Å². The smallest absolute Gasteiger partial charge is 0.138 e. The van der Waals surface area contributed by atoms with Gasteiger partial charge in [-0.25, -0.2) is 4.98 Å². The van der Waals surface area contributed by atoms with Gasteiger partial charge in [0.1, 0.15) is 12.2 Å². The van der Waals surface area contributed by atoms with Crippen molar-refractivity contribution in [3.8, 4) is 0 Å². The van der Waals surface area contributed by atoms with Gasteiger partial charge >= 0.3 is 0 Å². The molecule has 0 amide bonds. The summed E-state index contributed by atoms with van der Waals surface area (Å²) in [5.74, 6) is 1.90. The number of aryl methyl sites for hydroxylation is 1. The Hall–Kier alpha value is -1.06. The van der Waals surface area contributed by atoms with Gasteiger partial charge in [0, 0.05) is 24.4 Å². The Balaban J connectivity index is 2.04. The maximum absolute atomic E-state index is 6.04. The first-order valence-corrected chi connectivity index (χ1v) is 6.73. The normalized spacial score (nSPS) is 12.6. The fourth-order valence-corrected chi connectivity index (χ4v) is 2.37. The van der Waals surface area contributed by atoms with E-state index in [4.69, 9.17) is 23.2 Å². The van der Waals surface area contributed by atoms with Crippen molar-refractivity contribution < 1.29 is 0 Å². The number of alkyl halides is 1. The van der Waals surface area contributed by atoms with E-state index in [1.54, 1.807) is 11.0 Å². The molecule has 0 N–H and O–H groups in total. The van der Waals surface area contributed by atoms with Gasteiger partial charge in [-0.3, -0.25) is 4.68 Å². The van der Waals surface area contributed by atoms with E-state index in [1.165, 1.54) is 5.56 Å². The summed E-state index contributed by atoms with van der Waals surface area (Å²) in [6, 6.07) is 7.90. The third-order valence-electron chi connectivity index (χ3n) is 2.91. The third-order valence-corrected chi connectivity index (χ3v) is 3.58. The minimum Gasteiger partial charge on any atom is -0.253 e. The van der Waals surface area contributed by atoms with Crippen LogP contribution in [0.3, 0.4) is 0 Å². The maximum Gasteiger partial charge on any atom is 0.138 e. The quantitative estimate of drug-likeness (QED) is 0.790. The molecule has 0 aliphatic carbocycles. The van der Waals surface area contributed by atoms with Crippen LogP contribution >= 0.6 is 23.2 Å². The molecule has 18 heavy (non-hydrogen) atoms. The Morgan fingerprint density at radius 2 is 2.17 bits per heavy atom. The minimum atomic E-state index is 0.341. The molecule has 1 aromatic heterocycles. The molecule has 0 saturated carbocycles. The zero-order valence-electron chi connectivity index (χ0n) is 10.2. The van der Waals surface area contributed by atoms with Crippen molar-refractivity contribution in [2.45, 2.75) is 12.8 Å². The lowest BCUT2D eigenvalue weighted by Crippen LogP contribution is -2.13. The fourth-order valence-electron chi connectivity index (χ4n) is 1.94. The lowest BCUT2D eigenvalue weighted by atomic mass is 9.97. The van der Waals surface area contributed by atoms with Crippen molar-refractivity contribution in [3.63, 3.8) is 0 Å². The van der Waals surface area contributed by atoms with E-state index in [1.807, 2.05) is 25.2 Å². The summed E-state index contributed by atoms with van der Waals surface area (Å²) in [6.07, 6.45) is 3.30. The highest BCUT2D eigenvalue weighted by atomic mass is 35.5. The highest BCUT2D eigenvalue weighted by molar-refractivity contribution is 6.30. The Morgan fingerprint density at radius 1 is 1.33 bits per heavy atom. The molecule has 3 nitrogen and oxygen atoms in total. The number of hydrogen-bond acceptors (Lipinski definition) is 2. The average Bonchev–Trinajstić information content (AvgIpc) is 2.74. The second-order valence-corrected chi connectivity index (χ2v) is 5.10. The fraction of sp³-hybridized carbons (Fsp3) is 0.385. The maximum atomic E-state index is 6.04. The van der Waals surface area contributed by atoms with Crippen molar-refractivity contribution in [2.75, 3.05) is 5.88 Å². The number of nitrogens with zero attached hydrogens (tertiary/aromatic N) is 3. The summed E-state index contributed by atoms with van der Waals surface area (Å²) in [7, 11) is 1.90. The van der Waals surface area contributed by atoms with E-state index in [9.17, 15) is 0 Å². The van der Waals surface area contributed by atoms with Crippen LogP contribution < -0.4 is 0 Å². The third kappa shape index (κ3) is 3.47. The predicted molar refractivity (Wildman–Crippen MR) is 74.1 cm³/mol. The van der Waals surface area contributed by atoms with E-state index >= 15 is 0 Å². The van der Waals surface area contributed by atoms with Crippen LogP contribution in [-0.4, -0.2) is 20.6 Å². The van der Waals surface area contributed by atoms with Crippen LogP contribution in [-0.2, 0) is 19.9 Å². The largest absolute Gasteiger partial charge is 0.253 e. The van der Waals surface area contributed by atoms with Gasteiger partial charge in [0.05, 0.1) is 0 Å². The van der Waals surface area contributed by atoms with Gasteiger partial charge in [-0.05, 0) is 30.0 Å². The number of rotatable bonds is 5. The monoisotopic (exact) mass is 283 g/mol. The molecule has 1 atom stereocenters. The number of aromatic nitrogens is 3. The summed E-state index contributed by atoms with van der Waals surface area (Å²) in [5.41, 5.74) is 1.20. The summed E-state index contributed by atoms with van der Waals surface area (Å²) >= 11 is 12.0. The zero-order chi connectivity index (χ0) is 13.0. The second kappa shape index (κ2) is 6.21. The van der Waals surface area contributed by atoms with Gasteiger partial charge in [0.15, 0.2) is 0 Å². The molecule has 0 aliphatic heterocycles. The van der Waals surface area contributed by atoms with Gasteiger partial charge < -0.3 is 0 Å². The van der Waals surface area contributed by atoms with Crippen molar-refractivity contribution >= 4 is 23.2 Å². The molecule has 1 unspecified atom stereocenters. The molecule has 2 aromatic rings. The summed E-state index contributed by atoms with van der Waals surface area (Å²) < 4.78 is 1.79. The molecule has 96 valence electrons. The number of hydrogen-bond donors (Lipinski definition) is 0. The first-order valence-electron chi connectivity index (χ1n) is 5.82. The van der Waals surface area contributed by atoms with Crippen LogP contribution in [0.1, 0.15) is 11.4 Å². The van der Waals surface area contributed by atoms with Gasteiger partial charge in [0.25, 0.3) is 0 Å². The highest BCUT2D eigenvalue weighted by Crippen LogP contribution is 2.18. The minimum absolute atomic E-state index is 0.341. The van der Waals surface area contributed by atoms with Gasteiger partial charge in [0.2, 0.25) is 0 Å². The Kier molecular flexibility index (Phi) is 4.61. The molecule has 2 rings (SSSR count). The second-order valence-electron chi connectivity index (χ2n) is 4.36. The van der Waals surface area contributed by atoms with Gasteiger partial charge in [-0.15, -0.1) is 11.6 Å². The Morgan fingerprint density at radius 3 is 2.78 bits per heavy atom. The predicted octanol–water partition coefficient (Wildman–Crippen LogP) is 3.11. The van der Waals surface area contributed by atoms with Gasteiger partial charge in [-0.2, -0.15) is 5.10 Å². The Bertz CT molecular complexity index is 510. The van der Waals surface area contributed by atoms with Crippen LogP contribution in [0, 0.1) is 5.92 Å². The van der Waals surface area contributed by atoms with Crippen molar-refractivity contribution in [1.82, 2.24) is 14.8 Å². The molecule has 5 heteroatoms. The van der Waals surface area contributed by atoms with Crippen LogP contribution in [0.2, 0.25) is 5.02 Å². The van der Waals surface area contributed by atoms with Crippen LogP contribution in [0.5, 0.6) is 0 Å². The summed E-state index contributed by atoms with van der Waals surface area (Å²) in [5, 5.41) is 4.83. The SMILES string of the molecule is Cn1ncnc1CC(CCl)Cc1cccc(Cl)c1. The molecule has 1 heterocycles. The zero-order valence-corrected chi connectivity index (χ0v) is 11.7. The average molecular weight is 284 g/mol. The first-order chi connectivity index (χ1) is 8.69. The molecule has 0 spiro atoms. The molecule has 0 aliphatic rings. The molecule has 0 bridgehead atoms. The standard InChI is InChI=1S/C13H15Cl2N3/c1-18-13(16-9-17-18)7-11(8-14)5-10-3-2-4-12(15)6-10/h2-4,6,9,11H,5,7-8H2,1H3. The van der Waals surface area contributed by atoms with E-state index in [-0.39, 0.29) is 0 Å². The lowest BCUT2D eigenvalue weighted by Gasteiger charge is -2.13. The molecule has 1 aromatic carbocycles. The van der Waals surface area contributed by atoms with Crippen LogP contribution in [0.4, 0.5) is 0 Å². The number of halogens is 2. The molecular weight excluding hydrogens is 269 g/mol. The van der Waals surface area contributed by atoms with Crippen molar-refractivity contribution in [1.29, 1.82) is 0 Å². The lowest BCUT2D eigenvalue weighted by molar-refractivity contribution is 0.542. The molecular formula is C13H15Cl2N3. The Labute approximate surface area is 117 Å². The van der Waals surface area contributed by atoms with E-state index < -0.39 is 0 Å². The van der Waals surface area contributed by atoms with E-state index in [2.05, 4.69) is 16.1 Å². The number of benzene rings is 1. The first kappa shape index (κ1) is 13.4.